The molecule has 4 nitrogen and oxygen atoms in total. The van der Waals surface area contributed by atoms with Crippen LogP contribution in [0.15, 0.2) is 0 Å². The van der Waals surface area contributed by atoms with Gasteiger partial charge in [0.1, 0.15) is 26.8 Å². The second-order valence-electron chi connectivity index (χ2n) is 5.14. The molecule has 0 N–H and O–H groups in total. The van der Waals surface area contributed by atoms with Crippen LogP contribution in [-0.4, -0.2) is 69.9 Å². The Hall–Kier alpha value is -1.21. The van der Waals surface area contributed by atoms with Crippen molar-refractivity contribution in [3.05, 3.63) is 0 Å². The number of ether oxygens (including phenoxy) is 4. The van der Waals surface area contributed by atoms with E-state index in [0.29, 0.717) is 6.92 Å². The van der Waals surface area contributed by atoms with Crippen LogP contribution in [0.25, 0.3) is 0 Å². The van der Waals surface area contributed by atoms with Gasteiger partial charge in [-0.05, 0) is 6.92 Å². The van der Waals surface area contributed by atoms with Gasteiger partial charge in [-0.25, -0.2) is 0 Å². The lowest BCUT2D eigenvalue weighted by molar-refractivity contribution is -0.343. The first kappa shape index (κ1) is 32.0. The maximum absolute atomic E-state index is 11.9. The zero-order chi connectivity index (χ0) is 25.3. The summed E-state index contributed by atoms with van der Waals surface area (Å²) in [6, 6.07) is 0. The van der Waals surface area contributed by atoms with Crippen LogP contribution in [0.3, 0.4) is 0 Å². The largest absolute Gasteiger partial charge is 0.423 e. The molecular formula is C12H13F15O4. The Morgan fingerprint density at radius 2 is 0.871 bits per heavy atom. The summed E-state index contributed by atoms with van der Waals surface area (Å²) < 4.78 is 189. The van der Waals surface area contributed by atoms with Crippen LogP contribution in [-0.2, 0) is 18.9 Å². The van der Waals surface area contributed by atoms with Crippen LogP contribution < -0.4 is 0 Å². The van der Waals surface area contributed by atoms with Crippen LogP contribution in [0.1, 0.15) is 6.92 Å². The monoisotopic (exact) mass is 506 g/mol. The van der Waals surface area contributed by atoms with Crippen molar-refractivity contribution in [2.24, 2.45) is 0 Å². The molecule has 0 saturated carbocycles. The van der Waals surface area contributed by atoms with Gasteiger partial charge in [-0.1, -0.05) is 0 Å². The van der Waals surface area contributed by atoms with Crippen molar-refractivity contribution in [2.75, 3.05) is 26.8 Å². The number of halogens is 15. The predicted molar refractivity (Wildman–Crippen MR) is 67.3 cm³/mol. The average molecular weight is 506 g/mol. The molecule has 0 bridgehead atoms. The zero-order valence-corrected chi connectivity index (χ0v) is 14.8. The topological polar surface area (TPSA) is 36.9 Å². The fourth-order valence-electron chi connectivity index (χ4n) is 1.05. The van der Waals surface area contributed by atoms with Gasteiger partial charge in [0, 0.05) is 0 Å². The van der Waals surface area contributed by atoms with Gasteiger partial charge in [-0.2, -0.15) is 65.9 Å². The molecule has 0 aromatic heterocycles. The summed E-state index contributed by atoms with van der Waals surface area (Å²) in [5.74, 6) is 0. The van der Waals surface area contributed by atoms with Gasteiger partial charge in [-0.3, -0.25) is 0 Å². The molecule has 0 rings (SSSR count). The Kier molecular flexibility index (Phi) is 12.5. The predicted octanol–water partition coefficient (Wildman–Crippen LogP) is 5.52. The lowest BCUT2D eigenvalue weighted by Crippen LogP contribution is -2.45. The van der Waals surface area contributed by atoms with Crippen LogP contribution in [0.5, 0.6) is 0 Å². The molecule has 0 aliphatic carbocycles. The van der Waals surface area contributed by atoms with Crippen LogP contribution in [0.4, 0.5) is 65.9 Å². The van der Waals surface area contributed by atoms with Gasteiger partial charge in [0.25, 0.3) is 6.10 Å². The molecule has 190 valence electrons. The molecule has 31 heavy (non-hydrogen) atoms. The zero-order valence-electron chi connectivity index (χ0n) is 14.8. The SMILES string of the molecule is CC(OCOC(C(F)(F)F)C(F)(F)F)C(F)(F)F.FC(F)(F)COCOCC(F)(F)F. The van der Waals surface area contributed by atoms with E-state index < -0.39 is 69.9 Å². The Morgan fingerprint density at radius 1 is 0.516 bits per heavy atom. The first-order valence-corrected chi connectivity index (χ1v) is 7.19. The lowest BCUT2D eigenvalue weighted by atomic mass is 10.3. The second-order valence-corrected chi connectivity index (χ2v) is 5.14. The summed E-state index contributed by atoms with van der Waals surface area (Å²) in [4.78, 5) is 0. The first-order valence-electron chi connectivity index (χ1n) is 7.19. The Bertz CT molecular complexity index is 447. The number of alkyl halides is 15. The van der Waals surface area contributed by atoms with Crippen LogP contribution in [0.2, 0.25) is 0 Å². The molecule has 0 fully saturated rings. The fraction of sp³-hybridized carbons (Fsp3) is 1.00. The van der Waals surface area contributed by atoms with E-state index >= 15 is 0 Å². The van der Waals surface area contributed by atoms with E-state index in [1.54, 1.807) is 0 Å². The minimum atomic E-state index is -5.79. The first-order chi connectivity index (χ1) is 13.5. The molecule has 0 spiro atoms. The Balaban J connectivity index is 0. The van der Waals surface area contributed by atoms with E-state index in [1.807, 2.05) is 0 Å². The van der Waals surface area contributed by atoms with Crippen molar-refractivity contribution in [3.63, 3.8) is 0 Å². The maximum Gasteiger partial charge on any atom is 0.423 e. The van der Waals surface area contributed by atoms with Gasteiger partial charge in [0.15, 0.2) is 6.10 Å². The van der Waals surface area contributed by atoms with Crippen molar-refractivity contribution in [3.8, 4) is 0 Å². The molecule has 1 unspecified atom stereocenters. The van der Waals surface area contributed by atoms with E-state index in [4.69, 9.17) is 0 Å². The van der Waals surface area contributed by atoms with Gasteiger partial charge in [-0.15, -0.1) is 0 Å². The van der Waals surface area contributed by atoms with E-state index in [0.717, 1.165) is 0 Å². The number of hydrogen-bond donors (Lipinski definition) is 0. The summed E-state index contributed by atoms with van der Waals surface area (Å²) in [7, 11) is 0. The Labute approximate surface area is 163 Å². The van der Waals surface area contributed by atoms with Crippen LogP contribution in [0, 0.1) is 0 Å². The summed E-state index contributed by atoms with van der Waals surface area (Å²) in [5.41, 5.74) is 0. The van der Waals surface area contributed by atoms with Crippen molar-refractivity contribution in [1.82, 2.24) is 0 Å². The summed E-state index contributed by atoms with van der Waals surface area (Å²) in [6.07, 6.45) is -32.3. The third-order valence-electron chi connectivity index (χ3n) is 2.31. The molecule has 0 aromatic rings. The van der Waals surface area contributed by atoms with Gasteiger partial charge >= 0.3 is 30.9 Å². The average Bonchev–Trinajstić information content (AvgIpc) is 2.45. The van der Waals surface area contributed by atoms with Crippen molar-refractivity contribution < 1.29 is 84.8 Å². The van der Waals surface area contributed by atoms with Gasteiger partial charge < -0.3 is 18.9 Å². The van der Waals surface area contributed by atoms with E-state index in [1.165, 1.54) is 0 Å². The number of hydrogen-bond acceptors (Lipinski definition) is 4. The molecule has 19 heteroatoms. The van der Waals surface area contributed by atoms with Crippen molar-refractivity contribution in [1.29, 1.82) is 0 Å². The summed E-state index contributed by atoms with van der Waals surface area (Å²) >= 11 is 0. The van der Waals surface area contributed by atoms with Crippen molar-refractivity contribution in [2.45, 2.75) is 50.0 Å². The van der Waals surface area contributed by atoms with E-state index in [2.05, 4.69) is 18.9 Å². The molecule has 0 saturated heterocycles. The summed E-state index contributed by atoms with van der Waals surface area (Å²) in [6.45, 7) is -5.64. The molecule has 0 aromatic carbocycles. The molecule has 0 radical (unpaired) electrons. The van der Waals surface area contributed by atoms with Gasteiger partial charge in [0.05, 0.1) is 0 Å². The van der Waals surface area contributed by atoms with Crippen molar-refractivity contribution >= 4 is 0 Å². The molecular weight excluding hydrogens is 493 g/mol. The highest BCUT2D eigenvalue weighted by molar-refractivity contribution is 4.75. The molecule has 0 aliphatic rings. The highest BCUT2D eigenvalue weighted by Gasteiger charge is 2.58. The molecule has 0 aliphatic heterocycles. The smallest absolute Gasteiger partial charge is 0.346 e. The molecule has 1 atom stereocenters. The minimum absolute atomic E-state index is 0.416. The highest BCUT2D eigenvalue weighted by Crippen LogP contribution is 2.35. The quantitative estimate of drug-likeness (QED) is 0.247. The minimum Gasteiger partial charge on any atom is -0.346 e. The lowest BCUT2D eigenvalue weighted by Gasteiger charge is -2.24. The molecule has 0 heterocycles. The van der Waals surface area contributed by atoms with Crippen LogP contribution >= 0.6 is 0 Å². The standard InChI is InChI=1S/C7H7F9O2.C5H6F6O2/c1-3(5(8,9)10)17-2-18-4(6(11,12)13)7(14,15)16;6-4(7,8)1-12-3-13-2-5(9,10)11/h3-4H,2H2,1H3;1-3H2. The second kappa shape index (κ2) is 12.1. The summed E-state index contributed by atoms with van der Waals surface area (Å²) in [5, 5.41) is 0. The van der Waals surface area contributed by atoms with E-state index in [9.17, 15) is 65.9 Å². The fourth-order valence-corrected chi connectivity index (χ4v) is 1.05. The van der Waals surface area contributed by atoms with E-state index in [-0.39, 0.29) is 0 Å². The third kappa shape index (κ3) is 19.2. The maximum atomic E-state index is 11.9. The highest BCUT2D eigenvalue weighted by atomic mass is 19.4. The normalized spacial score (nSPS) is 15.0. The molecule has 0 amide bonds. The number of rotatable bonds is 8. The third-order valence-corrected chi connectivity index (χ3v) is 2.31. The Morgan fingerprint density at radius 3 is 1.13 bits per heavy atom. The van der Waals surface area contributed by atoms with Gasteiger partial charge in [0.2, 0.25) is 0 Å².